The molecule has 3 nitrogen and oxygen atoms in total. The van der Waals surface area contributed by atoms with E-state index in [1.807, 2.05) is 0 Å². The van der Waals surface area contributed by atoms with Gasteiger partial charge in [-0.25, -0.2) is 22.2 Å². The smallest absolute Gasteiger partial charge is 0.224 e. The quantitative estimate of drug-likeness (QED) is 0.799. The van der Waals surface area contributed by atoms with Gasteiger partial charge in [0, 0.05) is 0 Å². The third-order valence-corrected chi connectivity index (χ3v) is 4.07. The Morgan fingerprint density at radius 2 is 1.56 bits per heavy atom. The van der Waals surface area contributed by atoms with Crippen LogP contribution in [0.2, 0.25) is 5.15 Å². The van der Waals surface area contributed by atoms with Crippen LogP contribution < -0.4 is 0 Å². The number of hydrogen-bond donors (Lipinski definition) is 0. The Balaban J connectivity index is 2.70. The second-order valence-electron chi connectivity index (χ2n) is 3.35. The highest BCUT2D eigenvalue weighted by atomic mass is 35.5. The number of benzene rings is 1. The summed E-state index contributed by atoms with van der Waals surface area (Å²) in [6.07, 6.45) is 0. The third kappa shape index (κ3) is 2.21. The van der Waals surface area contributed by atoms with E-state index in [1.54, 1.807) is 0 Å². The van der Waals surface area contributed by atoms with Crippen molar-refractivity contribution in [1.29, 1.82) is 0 Å². The van der Waals surface area contributed by atoms with Gasteiger partial charge in [-0.3, -0.25) is 0 Å². The number of halogens is 3. The lowest BCUT2D eigenvalue weighted by molar-refractivity contribution is 0.518. The van der Waals surface area contributed by atoms with Gasteiger partial charge in [-0.05, 0) is 24.3 Å². The Labute approximate surface area is 107 Å². The summed E-state index contributed by atoms with van der Waals surface area (Å²) in [6.45, 7) is 0. The van der Waals surface area contributed by atoms with Crippen LogP contribution in [0.5, 0.6) is 0 Å². The average Bonchev–Trinajstić information content (AvgIpc) is 2.28. The van der Waals surface area contributed by atoms with E-state index in [4.69, 9.17) is 11.6 Å². The zero-order chi connectivity index (χ0) is 13.3. The zero-order valence-electron chi connectivity index (χ0n) is 8.77. The molecule has 94 valence electrons. The fourth-order valence-electron chi connectivity index (χ4n) is 1.38. The topological polar surface area (TPSA) is 47.0 Å². The van der Waals surface area contributed by atoms with E-state index in [1.165, 1.54) is 12.1 Å². The standard InChI is InChI=1S/C11H6ClF2NO2S/c12-9-5-2-6-10(15-9)18(16,17)11-7(13)3-1-4-8(11)14/h1-6H. The highest BCUT2D eigenvalue weighted by molar-refractivity contribution is 7.91. The number of hydrogen-bond acceptors (Lipinski definition) is 3. The molecule has 18 heavy (non-hydrogen) atoms. The van der Waals surface area contributed by atoms with E-state index in [0.717, 1.165) is 24.3 Å². The predicted molar refractivity (Wildman–Crippen MR) is 61.1 cm³/mol. The molecule has 2 aromatic rings. The molecule has 0 saturated carbocycles. The molecule has 0 unspecified atom stereocenters. The lowest BCUT2D eigenvalue weighted by atomic mass is 10.3. The van der Waals surface area contributed by atoms with Crippen molar-refractivity contribution >= 4 is 21.4 Å². The van der Waals surface area contributed by atoms with Gasteiger partial charge in [0.1, 0.15) is 21.7 Å². The van der Waals surface area contributed by atoms with Crippen LogP contribution in [0.15, 0.2) is 46.3 Å². The summed E-state index contributed by atoms with van der Waals surface area (Å²) in [4.78, 5) is 2.52. The van der Waals surface area contributed by atoms with Crippen LogP contribution in [0.25, 0.3) is 0 Å². The normalized spacial score (nSPS) is 11.5. The van der Waals surface area contributed by atoms with Crippen LogP contribution in [0.1, 0.15) is 0 Å². The van der Waals surface area contributed by atoms with E-state index < -0.39 is 31.4 Å². The minimum atomic E-state index is -4.37. The van der Waals surface area contributed by atoms with Crippen molar-refractivity contribution in [2.45, 2.75) is 9.92 Å². The molecule has 0 atom stereocenters. The zero-order valence-corrected chi connectivity index (χ0v) is 10.3. The molecule has 0 aliphatic carbocycles. The van der Waals surface area contributed by atoms with Gasteiger partial charge in [-0.15, -0.1) is 0 Å². The molecule has 0 bridgehead atoms. The van der Waals surface area contributed by atoms with Crippen molar-refractivity contribution < 1.29 is 17.2 Å². The fraction of sp³-hybridized carbons (Fsp3) is 0. The molecule has 1 heterocycles. The maximum Gasteiger partial charge on any atom is 0.229 e. The summed E-state index contributed by atoms with van der Waals surface area (Å²) in [5, 5.41) is -0.577. The molecule has 1 aromatic heterocycles. The molecule has 0 aliphatic rings. The predicted octanol–water partition coefficient (Wildman–Crippen LogP) is 2.85. The Hall–Kier alpha value is -1.53. The van der Waals surface area contributed by atoms with Crippen molar-refractivity contribution in [3.8, 4) is 0 Å². The maximum absolute atomic E-state index is 13.5. The van der Waals surface area contributed by atoms with Gasteiger partial charge in [0.15, 0.2) is 5.03 Å². The Bertz CT molecular complexity index is 684. The maximum atomic E-state index is 13.5. The largest absolute Gasteiger partial charge is 0.229 e. The minimum Gasteiger partial charge on any atom is -0.224 e. The lowest BCUT2D eigenvalue weighted by Crippen LogP contribution is -2.09. The summed E-state index contributed by atoms with van der Waals surface area (Å²) in [6, 6.07) is 6.61. The van der Waals surface area contributed by atoms with Gasteiger partial charge >= 0.3 is 0 Å². The van der Waals surface area contributed by atoms with Crippen LogP contribution in [-0.2, 0) is 9.84 Å². The van der Waals surface area contributed by atoms with Gasteiger partial charge in [-0.1, -0.05) is 23.7 Å². The fourth-order valence-corrected chi connectivity index (χ4v) is 2.93. The number of rotatable bonds is 2. The first-order chi connectivity index (χ1) is 8.43. The second kappa shape index (κ2) is 4.62. The number of aromatic nitrogens is 1. The van der Waals surface area contributed by atoms with Crippen LogP contribution >= 0.6 is 11.6 Å². The van der Waals surface area contributed by atoms with Gasteiger partial charge in [-0.2, -0.15) is 0 Å². The molecular formula is C11H6ClF2NO2S. The van der Waals surface area contributed by atoms with Crippen molar-refractivity contribution in [3.05, 3.63) is 53.2 Å². The molecule has 0 aliphatic heterocycles. The van der Waals surface area contributed by atoms with Crippen molar-refractivity contribution in [3.63, 3.8) is 0 Å². The van der Waals surface area contributed by atoms with Crippen LogP contribution in [-0.4, -0.2) is 13.4 Å². The van der Waals surface area contributed by atoms with Gasteiger partial charge in [0.05, 0.1) is 0 Å². The number of nitrogens with zero attached hydrogens (tertiary/aromatic N) is 1. The molecule has 7 heteroatoms. The summed E-state index contributed by atoms with van der Waals surface area (Å²) in [5.74, 6) is -2.34. The summed E-state index contributed by atoms with van der Waals surface area (Å²) in [7, 11) is -4.37. The van der Waals surface area contributed by atoms with Crippen molar-refractivity contribution in [1.82, 2.24) is 4.98 Å². The Morgan fingerprint density at radius 1 is 1.00 bits per heavy atom. The van der Waals surface area contributed by atoms with E-state index in [9.17, 15) is 17.2 Å². The molecule has 2 rings (SSSR count). The van der Waals surface area contributed by atoms with Crippen LogP contribution in [0.3, 0.4) is 0 Å². The molecule has 0 spiro atoms. The average molecular weight is 290 g/mol. The lowest BCUT2D eigenvalue weighted by Gasteiger charge is -2.06. The van der Waals surface area contributed by atoms with Crippen molar-refractivity contribution in [2.75, 3.05) is 0 Å². The second-order valence-corrected chi connectivity index (χ2v) is 5.57. The number of sulfone groups is 1. The first kappa shape index (κ1) is 12.9. The first-order valence-corrected chi connectivity index (χ1v) is 6.60. The third-order valence-electron chi connectivity index (χ3n) is 2.15. The summed E-state index contributed by atoms with van der Waals surface area (Å²) in [5.41, 5.74) is 0. The SMILES string of the molecule is O=S(=O)(c1cccc(Cl)n1)c1c(F)cccc1F. The Kier molecular flexibility index (Phi) is 3.32. The summed E-state index contributed by atoms with van der Waals surface area (Å²) < 4.78 is 51.0. The highest BCUT2D eigenvalue weighted by Crippen LogP contribution is 2.25. The number of pyridine rings is 1. The minimum absolute atomic E-state index is 0.0761. The van der Waals surface area contributed by atoms with Crippen LogP contribution in [0, 0.1) is 11.6 Å². The van der Waals surface area contributed by atoms with Gasteiger partial charge < -0.3 is 0 Å². The molecular weight excluding hydrogens is 284 g/mol. The van der Waals surface area contributed by atoms with Gasteiger partial charge in [0.25, 0.3) is 0 Å². The molecule has 0 radical (unpaired) electrons. The molecule has 0 N–H and O–H groups in total. The van der Waals surface area contributed by atoms with Gasteiger partial charge in [0.2, 0.25) is 9.84 Å². The Morgan fingerprint density at radius 3 is 2.11 bits per heavy atom. The highest BCUT2D eigenvalue weighted by Gasteiger charge is 2.27. The molecule has 0 fully saturated rings. The molecule has 0 saturated heterocycles. The first-order valence-electron chi connectivity index (χ1n) is 4.74. The molecule has 1 aromatic carbocycles. The van der Waals surface area contributed by atoms with E-state index in [-0.39, 0.29) is 5.15 Å². The van der Waals surface area contributed by atoms with E-state index >= 15 is 0 Å². The summed E-state index contributed by atoms with van der Waals surface area (Å²) >= 11 is 5.55. The molecule has 0 amide bonds. The van der Waals surface area contributed by atoms with E-state index in [2.05, 4.69) is 4.98 Å². The van der Waals surface area contributed by atoms with Crippen LogP contribution in [0.4, 0.5) is 8.78 Å². The monoisotopic (exact) mass is 289 g/mol. The van der Waals surface area contributed by atoms with E-state index in [0.29, 0.717) is 0 Å². The van der Waals surface area contributed by atoms with Crippen molar-refractivity contribution in [2.24, 2.45) is 0 Å².